The van der Waals surface area contributed by atoms with E-state index in [1.165, 1.54) is 0 Å². The van der Waals surface area contributed by atoms with Gasteiger partial charge in [0.1, 0.15) is 0 Å². The van der Waals surface area contributed by atoms with Crippen LogP contribution >= 0.6 is 11.8 Å². The zero-order valence-electron chi connectivity index (χ0n) is 14.5. The van der Waals surface area contributed by atoms with Crippen LogP contribution in [0, 0.1) is 18.4 Å². The molecule has 4 N–H and O–H groups in total. The molecule has 0 radical (unpaired) electrons. The monoisotopic (exact) mass is 360 g/mol. The highest BCUT2D eigenvalue weighted by molar-refractivity contribution is 7.99. The Morgan fingerprint density at radius 2 is 2.32 bits per heavy atom. The number of guanidine groups is 1. The highest BCUT2D eigenvalue weighted by atomic mass is 32.2. The summed E-state index contributed by atoms with van der Waals surface area (Å²) in [6.07, 6.45) is 8.95. The number of hydrogen-bond acceptors (Lipinski definition) is 5. The summed E-state index contributed by atoms with van der Waals surface area (Å²) in [5.74, 6) is 1.38. The van der Waals surface area contributed by atoms with Crippen molar-refractivity contribution in [1.82, 2.24) is 30.6 Å². The number of nitrogens with one attached hydrogen (secondary N) is 4. The molecule has 0 aliphatic heterocycles. The molecule has 0 aromatic carbocycles. The Balaban J connectivity index is 1.69. The van der Waals surface area contributed by atoms with E-state index >= 15 is 0 Å². The third-order valence-corrected chi connectivity index (χ3v) is 4.76. The van der Waals surface area contributed by atoms with Crippen molar-refractivity contribution in [1.29, 1.82) is 5.26 Å². The Kier molecular flexibility index (Phi) is 7.85. The molecule has 0 saturated heterocycles. The quantitative estimate of drug-likeness (QED) is 0.178. The van der Waals surface area contributed by atoms with Crippen LogP contribution in [0.4, 0.5) is 0 Å². The highest BCUT2D eigenvalue weighted by Crippen LogP contribution is 2.17. The van der Waals surface area contributed by atoms with Crippen LogP contribution in [0.25, 0.3) is 0 Å². The summed E-state index contributed by atoms with van der Waals surface area (Å²) in [5, 5.41) is 15.0. The Hall–Kier alpha value is -2.47. The van der Waals surface area contributed by atoms with Crippen molar-refractivity contribution in [2.24, 2.45) is 4.99 Å². The van der Waals surface area contributed by atoms with E-state index in [1.54, 1.807) is 12.7 Å². The molecule has 134 valence electrons. The molecule has 0 amide bonds. The van der Waals surface area contributed by atoms with Gasteiger partial charge >= 0.3 is 0 Å². The lowest BCUT2D eigenvalue weighted by atomic mass is 10.2. The summed E-state index contributed by atoms with van der Waals surface area (Å²) in [7, 11) is 0. The van der Waals surface area contributed by atoms with Crippen molar-refractivity contribution < 1.29 is 0 Å². The summed E-state index contributed by atoms with van der Waals surface area (Å²) >= 11 is 1.81. The number of rotatable bonds is 9. The zero-order valence-corrected chi connectivity index (χ0v) is 15.4. The summed E-state index contributed by atoms with van der Waals surface area (Å²) < 4.78 is 0. The molecular weight excluding hydrogens is 336 g/mol. The predicted molar refractivity (Wildman–Crippen MR) is 100 cm³/mol. The third-order valence-electron chi connectivity index (χ3n) is 3.59. The van der Waals surface area contributed by atoms with Crippen LogP contribution in [0.1, 0.15) is 30.4 Å². The lowest BCUT2D eigenvalue weighted by molar-refractivity contribution is 0.787. The summed E-state index contributed by atoms with van der Waals surface area (Å²) in [5.41, 5.74) is 3.22. The van der Waals surface area contributed by atoms with E-state index in [9.17, 15) is 0 Å². The van der Waals surface area contributed by atoms with E-state index in [0.717, 1.165) is 42.2 Å². The van der Waals surface area contributed by atoms with Gasteiger partial charge in [-0.3, -0.25) is 10.3 Å². The van der Waals surface area contributed by atoms with Gasteiger partial charge in [0.05, 0.1) is 24.0 Å². The van der Waals surface area contributed by atoms with Gasteiger partial charge in [-0.05, 0) is 19.8 Å². The van der Waals surface area contributed by atoms with Crippen LogP contribution in [-0.2, 0) is 12.2 Å². The molecule has 25 heavy (non-hydrogen) atoms. The van der Waals surface area contributed by atoms with Gasteiger partial charge in [-0.15, -0.1) is 0 Å². The number of aryl methyl sites for hydroxylation is 2. The third kappa shape index (κ3) is 6.89. The van der Waals surface area contributed by atoms with Gasteiger partial charge in [-0.25, -0.2) is 9.97 Å². The highest BCUT2D eigenvalue weighted by Gasteiger charge is 2.08. The van der Waals surface area contributed by atoms with Gasteiger partial charge in [-0.1, -0.05) is 6.92 Å². The minimum absolute atomic E-state index is 0.367. The molecule has 9 heteroatoms. The van der Waals surface area contributed by atoms with E-state index in [-0.39, 0.29) is 0 Å². The van der Waals surface area contributed by atoms with Gasteiger partial charge in [0, 0.05) is 36.0 Å². The molecule has 1 atom stereocenters. The van der Waals surface area contributed by atoms with Crippen molar-refractivity contribution in [3.63, 3.8) is 0 Å². The lowest BCUT2D eigenvalue weighted by Gasteiger charge is -2.13. The van der Waals surface area contributed by atoms with Crippen molar-refractivity contribution in [2.45, 2.75) is 37.7 Å². The maximum atomic E-state index is 8.85. The van der Waals surface area contributed by atoms with Crippen molar-refractivity contribution in [3.8, 4) is 6.19 Å². The fourth-order valence-corrected chi connectivity index (χ4v) is 3.06. The van der Waals surface area contributed by atoms with Crippen LogP contribution in [0.15, 0.2) is 23.8 Å². The van der Waals surface area contributed by atoms with Crippen molar-refractivity contribution in [3.05, 3.63) is 35.9 Å². The van der Waals surface area contributed by atoms with E-state index in [0.29, 0.717) is 17.8 Å². The number of aromatic nitrogens is 4. The Morgan fingerprint density at radius 1 is 1.44 bits per heavy atom. The van der Waals surface area contributed by atoms with E-state index in [2.05, 4.69) is 42.5 Å². The fourth-order valence-electron chi connectivity index (χ4n) is 2.12. The molecule has 0 aliphatic rings. The number of nitriles is 1. The van der Waals surface area contributed by atoms with Gasteiger partial charge < -0.3 is 15.3 Å². The minimum atomic E-state index is 0.367. The fraction of sp³-hybridized carbons (Fsp3) is 0.500. The van der Waals surface area contributed by atoms with Crippen LogP contribution in [-0.4, -0.2) is 44.2 Å². The van der Waals surface area contributed by atoms with Gasteiger partial charge in [0.2, 0.25) is 5.96 Å². The first-order valence-electron chi connectivity index (χ1n) is 8.20. The number of imidazole rings is 2. The first-order chi connectivity index (χ1) is 12.2. The number of thioether (sulfide) groups is 1. The molecular formula is C16H24N8S. The summed E-state index contributed by atoms with van der Waals surface area (Å²) in [6, 6.07) is 0. The summed E-state index contributed by atoms with van der Waals surface area (Å²) in [4.78, 5) is 18.9. The SMILES string of the molecule is Cc1[nH]cnc1CSC(C)CNC(=NCCCc1c[nH]cn1)NC#N. The van der Waals surface area contributed by atoms with Crippen LogP contribution < -0.4 is 10.6 Å². The molecule has 0 saturated carbocycles. The molecule has 2 rings (SSSR count). The first kappa shape index (κ1) is 18.9. The molecule has 0 aliphatic carbocycles. The lowest BCUT2D eigenvalue weighted by Crippen LogP contribution is -2.38. The zero-order chi connectivity index (χ0) is 17.9. The van der Waals surface area contributed by atoms with Crippen LogP contribution in [0.3, 0.4) is 0 Å². The average molecular weight is 360 g/mol. The molecule has 2 aromatic heterocycles. The minimum Gasteiger partial charge on any atom is -0.354 e. The maximum absolute atomic E-state index is 8.85. The number of nitrogens with zero attached hydrogens (tertiary/aromatic N) is 4. The van der Waals surface area contributed by atoms with Crippen LogP contribution in [0.2, 0.25) is 0 Å². The van der Waals surface area contributed by atoms with Gasteiger partial charge in [0.15, 0.2) is 6.19 Å². The molecule has 8 nitrogen and oxygen atoms in total. The second kappa shape index (κ2) is 10.4. The molecule has 0 bridgehead atoms. The number of aliphatic imine (C=N–C) groups is 1. The average Bonchev–Trinajstić information content (AvgIpc) is 3.26. The maximum Gasteiger partial charge on any atom is 0.204 e. The normalized spacial score (nSPS) is 12.6. The summed E-state index contributed by atoms with van der Waals surface area (Å²) in [6.45, 7) is 5.52. The Labute approximate surface area is 152 Å². The van der Waals surface area contributed by atoms with Crippen molar-refractivity contribution in [2.75, 3.05) is 13.1 Å². The molecule has 2 aromatic rings. The predicted octanol–water partition coefficient (Wildman–Crippen LogP) is 1.71. The van der Waals surface area contributed by atoms with Crippen LogP contribution in [0.5, 0.6) is 0 Å². The first-order valence-corrected chi connectivity index (χ1v) is 9.25. The molecule has 0 fully saturated rings. The van der Waals surface area contributed by atoms with Crippen molar-refractivity contribution >= 4 is 17.7 Å². The second-order valence-corrected chi connectivity index (χ2v) is 7.03. The number of H-pyrrole nitrogens is 2. The van der Waals surface area contributed by atoms with E-state index < -0.39 is 0 Å². The number of aromatic amines is 2. The topological polar surface area (TPSA) is 118 Å². The standard InChI is InChI=1S/C16H24N8S/c1-12(25-8-15-13(2)22-11-24-15)6-20-16(21-9-17)19-5-3-4-14-7-18-10-23-14/h7,10-12H,3-6,8H2,1-2H3,(H,18,23)(H,22,24)(H2,19,20,21). The van der Waals surface area contributed by atoms with E-state index in [4.69, 9.17) is 5.26 Å². The second-order valence-electron chi connectivity index (χ2n) is 5.61. The van der Waals surface area contributed by atoms with E-state index in [1.807, 2.05) is 31.1 Å². The molecule has 1 unspecified atom stereocenters. The smallest absolute Gasteiger partial charge is 0.204 e. The molecule has 2 heterocycles. The van der Waals surface area contributed by atoms with Gasteiger partial charge in [0.25, 0.3) is 0 Å². The largest absolute Gasteiger partial charge is 0.354 e. The Bertz CT molecular complexity index is 685. The molecule has 0 spiro atoms. The Morgan fingerprint density at radius 3 is 3.00 bits per heavy atom. The number of hydrogen-bond donors (Lipinski definition) is 4. The van der Waals surface area contributed by atoms with Gasteiger partial charge in [-0.2, -0.15) is 17.0 Å².